The van der Waals surface area contributed by atoms with E-state index in [2.05, 4.69) is 10.6 Å². The second-order valence-corrected chi connectivity index (χ2v) is 14.3. The molecule has 0 spiro atoms. The van der Waals surface area contributed by atoms with Crippen LogP contribution in [-0.2, 0) is 19.7 Å². The van der Waals surface area contributed by atoms with Crippen molar-refractivity contribution in [3.63, 3.8) is 0 Å². The van der Waals surface area contributed by atoms with E-state index in [-0.39, 0.29) is 59.0 Å². The minimum atomic E-state index is -3.17. The minimum Gasteiger partial charge on any atom is -0.337 e. The number of nitrogens with zero attached hydrogens (tertiary/aromatic N) is 2. The maximum atomic E-state index is 12.6. The van der Waals surface area contributed by atoms with Gasteiger partial charge < -0.3 is 10.6 Å². The Balaban J connectivity index is 1.23. The molecule has 6 rings (SSSR count). The quantitative estimate of drug-likeness (QED) is 0.614. The van der Waals surface area contributed by atoms with E-state index in [1.54, 1.807) is 9.80 Å². The van der Waals surface area contributed by atoms with Gasteiger partial charge in [0.25, 0.3) is 0 Å². The molecule has 2 aromatic rings. The van der Waals surface area contributed by atoms with Crippen LogP contribution < -0.4 is 20.4 Å². The fourth-order valence-corrected chi connectivity index (χ4v) is 10.1. The molecule has 0 saturated carbocycles. The first-order valence-electron chi connectivity index (χ1n) is 11.9. The predicted molar refractivity (Wildman–Crippen MR) is 135 cm³/mol. The number of carbonyl (C=O) groups is 2. The number of amides is 4. The fourth-order valence-electron chi connectivity index (χ4n) is 5.92. The summed E-state index contributed by atoms with van der Waals surface area (Å²) < 4.78 is 48.6. The average molecular weight is 531 g/mol. The molecule has 36 heavy (non-hydrogen) atoms. The summed E-state index contributed by atoms with van der Waals surface area (Å²) in [6.07, 6.45) is 0. The zero-order chi connectivity index (χ0) is 25.2. The lowest BCUT2D eigenvalue weighted by molar-refractivity contribution is 0.232. The highest BCUT2D eigenvalue weighted by Gasteiger charge is 2.47. The molecule has 2 N–H and O–H groups in total. The second kappa shape index (κ2) is 8.20. The first kappa shape index (κ1) is 23.3. The van der Waals surface area contributed by atoms with E-state index in [0.29, 0.717) is 24.5 Å². The third-order valence-electron chi connectivity index (χ3n) is 7.63. The van der Waals surface area contributed by atoms with Gasteiger partial charge in [0.2, 0.25) is 0 Å². The van der Waals surface area contributed by atoms with Crippen molar-refractivity contribution in [2.45, 2.75) is 12.1 Å². The van der Waals surface area contributed by atoms with Crippen LogP contribution in [0.2, 0.25) is 0 Å². The maximum absolute atomic E-state index is 12.6. The van der Waals surface area contributed by atoms with Gasteiger partial charge in [-0.2, -0.15) is 0 Å². The standard InChI is InChI=1S/C24H26N4O6S2/c29-23-25-9-17-11-35(31,32)13-21(17)27(23)19-5-1-15(2-6-19)16-3-7-20(8-4-16)28-22-14-36(33,34)12-18(22)10-26-24(28)30/h1-8,17-18,21-22H,9-14H2,(H,25,29)(H,26,30)/t17-,18+,21-,22-/m0/s1. The molecular weight excluding hydrogens is 504 g/mol. The van der Waals surface area contributed by atoms with Crippen LogP contribution in [0.3, 0.4) is 0 Å². The molecule has 0 bridgehead atoms. The lowest BCUT2D eigenvalue weighted by Crippen LogP contribution is -2.57. The van der Waals surface area contributed by atoms with E-state index in [4.69, 9.17) is 0 Å². The highest BCUT2D eigenvalue weighted by molar-refractivity contribution is 7.92. The number of benzene rings is 2. The van der Waals surface area contributed by atoms with Gasteiger partial charge in [-0.1, -0.05) is 24.3 Å². The average Bonchev–Trinajstić information content (AvgIpc) is 3.32. The topological polar surface area (TPSA) is 133 Å². The van der Waals surface area contributed by atoms with Gasteiger partial charge in [-0.25, -0.2) is 26.4 Å². The van der Waals surface area contributed by atoms with Crippen LogP contribution in [-0.4, -0.2) is 77.1 Å². The Morgan fingerprint density at radius 2 is 0.944 bits per heavy atom. The van der Waals surface area contributed by atoms with Gasteiger partial charge in [-0.3, -0.25) is 9.80 Å². The summed E-state index contributed by atoms with van der Waals surface area (Å²) >= 11 is 0. The van der Waals surface area contributed by atoms with Crippen LogP contribution in [0.4, 0.5) is 21.0 Å². The molecule has 10 nitrogen and oxygen atoms in total. The number of urea groups is 2. The number of nitrogens with one attached hydrogen (secondary N) is 2. The Morgan fingerprint density at radius 1 is 0.583 bits per heavy atom. The van der Waals surface area contributed by atoms with Crippen molar-refractivity contribution < 1.29 is 26.4 Å². The molecule has 0 unspecified atom stereocenters. The molecule has 0 aromatic heterocycles. The Morgan fingerprint density at radius 3 is 1.31 bits per heavy atom. The summed E-state index contributed by atoms with van der Waals surface area (Å²) in [5.74, 6) is -0.130. The summed E-state index contributed by atoms with van der Waals surface area (Å²) in [4.78, 5) is 28.3. The van der Waals surface area contributed by atoms with E-state index < -0.39 is 19.7 Å². The van der Waals surface area contributed by atoms with E-state index in [9.17, 15) is 26.4 Å². The van der Waals surface area contributed by atoms with Crippen LogP contribution in [0.1, 0.15) is 0 Å². The van der Waals surface area contributed by atoms with Crippen molar-refractivity contribution in [3.05, 3.63) is 48.5 Å². The number of hydrogen-bond acceptors (Lipinski definition) is 6. The smallest absolute Gasteiger partial charge is 0.322 e. The molecule has 0 aliphatic carbocycles. The largest absolute Gasteiger partial charge is 0.337 e. The summed E-state index contributed by atoms with van der Waals surface area (Å²) in [5, 5.41) is 5.59. The van der Waals surface area contributed by atoms with E-state index >= 15 is 0 Å². The minimum absolute atomic E-state index is 0.0263. The first-order valence-corrected chi connectivity index (χ1v) is 15.5. The van der Waals surface area contributed by atoms with Gasteiger partial charge in [0.15, 0.2) is 19.7 Å². The first-order chi connectivity index (χ1) is 17.1. The molecule has 4 aliphatic rings. The van der Waals surface area contributed by atoms with Gasteiger partial charge in [0, 0.05) is 36.3 Å². The molecule has 4 saturated heterocycles. The number of rotatable bonds is 3. The Hall–Kier alpha value is -3.12. The fraction of sp³-hybridized carbons (Fsp3) is 0.417. The van der Waals surface area contributed by atoms with Crippen LogP contribution >= 0.6 is 0 Å². The number of hydrogen-bond donors (Lipinski definition) is 2. The molecule has 4 heterocycles. The Bertz CT molecular complexity index is 1330. The summed E-state index contributed by atoms with van der Waals surface area (Å²) in [5.41, 5.74) is 3.06. The molecular formula is C24H26N4O6S2. The molecule has 4 aliphatic heterocycles. The predicted octanol–water partition coefficient (Wildman–Crippen LogP) is 1.24. The Kier molecular flexibility index (Phi) is 5.31. The zero-order valence-corrected chi connectivity index (χ0v) is 21.0. The van der Waals surface area contributed by atoms with Gasteiger partial charge in [-0.15, -0.1) is 0 Å². The lowest BCUT2D eigenvalue weighted by atomic mass is 9.98. The van der Waals surface area contributed by atoms with E-state index in [1.807, 2.05) is 48.5 Å². The van der Waals surface area contributed by atoms with Crippen molar-refractivity contribution in [2.75, 3.05) is 45.9 Å². The summed E-state index contributed by atoms with van der Waals surface area (Å²) in [7, 11) is -6.35. The number of anilines is 2. The molecule has 4 fully saturated rings. The molecule has 2 aromatic carbocycles. The number of carbonyl (C=O) groups excluding carboxylic acids is 2. The van der Waals surface area contributed by atoms with Crippen LogP contribution in [0.25, 0.3) is 11.1 Å². The lowest BCUT2D eigenvalue weighted by Gasteiger charge is -2.37. The van der Waals surface area contributed by atoms with Crippen LogP contribution in [0.15, 0.2) is 48.5 Å². The van der Waals surface area contributed by atoms with Crippen molar-refractivity contribution in [1.29, 1.82) is 0 Å². The number of sulfone groups is 2. The van der Waals surface area contributed by atoms with E-state index in [0.717, 1.165) is 11.1 Å². The highest BCUT2D eigenvalue weighted by Crippen LogP contribution is 2.34. The van der Waals surface area contributed by atoms with Crippen LogP contribution in [0.5, 0.6) is 0 Å². The molecule has 4 atom stereocenters. The maximum Gasteiger partial charge on any atom is 0.322 e. The number of fused-ring (bicyclic) bond motifs is 2. The summed E-state index contributed by atoms with van der Waals surface area (Å²) in [6, 6.07) is 13.4. The zero-order valence-electron chi connectivity index (χ0n) is 19.3. The van der Waals surface area contributed by atoms with Gasteiger partial charge in [-0.05, 0) is 35.4 Å². The SMILES string of the molecule is O=C1NC[C@@H]2CS(=O)(=O)C[C@@H]2N1c1ccc(-c2ccc(N3C(=O)NC[C@H]4CS(=O)(=O)C[C@@H]43)cc2)cc1. The van der Waals surface area contributed by atoms with Gasteiger partial charge in [0.05, 0.1) is 35.1 Å². The highest BCUT2D eigenvalue weighted by atomic mass is 32.2. The van der Waals surface area contributed by atoms with Gasteiger partial charge in [0.1, 0.15) is 0 Å². The van der Waals surface area contributed by atoms with E-state index in [1.165, 1.54) is 0 Å². The normalized spacial score (nSPS) is 30.3. The van der Waals surface area contributed by atoms with Crippen molar-refractivity contribution >= 4 is 43.1 Å². The van der Waals surface area contributed by atoms with Crippen molar-refractivity contribution in [3.8, 4) is 11.1 Å². The third-order valence-corrected chi connectivity index (χ3v) is 11.2. The van der Waals surface area contributed by atoms with Crippen molar-refractivity contribution in [1.82, 2.24) is 10.6 Å². The second-order valence-electron chi connectivity index (χ2n) is 10.0. The molecule has 190 valence electrons. The Labute approximate surface area is 209 Å². The molecule has 4 amide bonds. The van der Waals surface area contributed by atoms with Gasteiger partial charge >= 0.3 is 12.1 Å². The third kappa shape index (κ3) is 4.01. The monoisotopic (exact) mass is 530 g/mol. The molecule has 12 heteroatoms. The summed E-state index contributed by atoms with van der Waals surface area (Å²) in [6.45, 7) is 0.735. The molecule has 0 radical (unpaired) electrons. The van der Waals surface area contributed by atoms with Crippen LogP contribution in [0, 0.1) is 11.8 Å². The van der Waals surface area contributed by atoms with Crippen molar-refractivity contribution in [2.24, 2.45) is 11.8 Å².